The number of amides is 1. The van der Waals surface area contributed by atoms with Crippen molar-refractivity contribution in [3.8, 4) is 0 Å². The molecule has 0 aliphatic carbocycles. The number of carbonyl (C=O) groups excluding carboxylic acids is 2. The first-order chi connectivity index (χ1) is 13.6. The minimum Gasteiger partial charge on any atom is -0.465 e. The van der Waals surface area contributed by atoms with Crippen LogP contribution in [0.5, 0.6) is 0 Å². The first kappa shape index (κ1) is 20.0. The fraction of sp³-hybridized carbons (Fsp3) is 0.150. The topological polar surface area (TPSA) is 73.2 Å². The summed E-state index contributed by atoms with van der Waals surface area (Å²) in [7, 11) is 1.32. The molecule has 0 bridgehead atoms. The number of nitrogens with one attached hydrogen (secondary N) is 1. The molecule has 1 heterocycles. The molecule has 0 saturated heterocycles. The predicted octanol–water partition coefficient (Wildman–Crippen LogP) is 4.10. The van der Waals surface area contributed by atoms with Crippen LogP contribution in [-0.4, -0.2) is 34.3 Å². The van der Waals surface area contributed by atoms with Gasteiger partial charge in [-0.1, -0.05) is 41.6 Å². The number of hydrogen-bond acceptors (Lipinski definition) is 5. The Labute approximate surface area is 171 Å². The summed E-state index contributed by atoms with van der Waals surface area (Å²) in [4.78, 5) is 28.0. The molecule has 1 aromatic heterocycles. The molecule has 0 radical (unpaired) electrons. The number of anilines is 1. The molecule has 144 valence electrons. The molecule has 0 fully saturated rings. The van der Waals surface area contributed by atoms with Crippen LogP contribution in [-0.2, 0) is 16.1 Å². The summed E-state index contributed by atoms with van der Waals surface area (Å²) < 4.78 is 6.60. The van der Waals surface area contributed by atoms with Crippen LogP contribution in [0.25, 0.3) is 0 Å². The number of ether oxygens (including phenoxy) is 1. The van der Waals surface area contributed by atoms with Crippen LogP contribution in [0.4, 0.5) is 5.69 Å². The lowest BCUT2D eigenvalue weighted by Gasteiger charge is -2.09. The Balaban J connectivity index is 1.56. The molecular formula is C20H18ClN3O3S. The molecule has 1 amide bonds. The summed E-state index contributed by atoms with van der Waals surface area (Å²) in [5.41, 5.74) is 2.02. The van der Waals surface area contributed by atoms with Crippen molar-refractivity contribution in [2.24, 2.45) is 0 Å². The molecule has 8 heteroatoms. The van der Waals surface area contributed by atoms with Gasteiger partial charge in [0.05, 0.1) is 25.0 Å². The molecule has 3 rings (SSSR count). The lowest BCUT2D eigenvalue weighted by atomic mass is 10.2. The molecule has 0 atom stereocenters. The van der Waals surface area contributed by atoms with Crippen LogP contribution >= 0.6 is 23.4 Å². The Bertz CT molecular complexity index is 973. The zero-order valence-corrected chi connectivity index (χ0v) is 16.7. The van der Waals surface area contributed by atoms with Crippen molar-refractivity contribution in [1.82, 2.24) is 9.55 Å². The maximum absolute atomic E-state index is 12.2. The number of thioether (sulfide) groups is 1. The van der Waals surface area contributed by atoms with Gasteiger partial charge < -0.3 is 14.6 Å². The van der Waals surface area contributed by atoms with Crippen LogP contribution in [0.2, 0.25) is 5.02 Å². The van der Waals surface area contributed by atoms with E-state index in [1.807, 2.05) is 35.0 Å². The number of halogens is 1. The van der Waals surface area contributed by atoms with Gasteiger partial charge in [-0.2, -0.15) is 0 Å². The summed E-state index contributed by atoms with van der Waals surface area (Å²) in [6.07, 6.45) is 3.55. The van der Waals surface area contributed by atoms with Gasteiger partial charge in [-0.15, -0.1) is 0 Å². The van der Waals surface area contributed by atoms with Gasteiger partial charge in [0.25, 0.3) is 0 Å². The van der Waals surface area contributed by atoms with Crippen molar-refractivity contribution in [3.63, 3.8) is 0 Å². The van der Waals surface area contributed by atoms with Gasteiger partial charge in [0.1, 0.15) is 0 Å². The van der Waals surface area contributed by atoms with E-state index in [1.165, 1.54) is 18.9 Å². The van der Waals surface area contributed by atoms with E-state index in [9.17, 15) is 9.59 Å². The quantitative estimate of drug-likeness (QED) is 0.464. The molecule has 1 N–H and O–H groups in total. The Morgan fingerprint density at radius 1 is 1.18 bits per heavy atom. The molecule has 3 aromatic rings. The van der Waals surface area contributed by atoms with Crippen LogP contribution in [0.1, 0.15) is 15.9 Å². The monoisotopic (exact) mass is 415 g/mol. The standard InChI is InChI=1S/C20H18ClN3O3S/c1-27-19(26)14-6-8-16(9-7-14)23-18(25)13-28-20-22-10-11-24(20)12-15-4-2-3-5-17(15)21/h2-11H,12-13H2,1H3,(H,23,25). The van der Waals surface area contributed by atoms with Crippen molar-refractivity contribution >= 4 is 40.9 Å². The summed E-state index contributed by atoms with van der Waals surface area (Å²) in [5, 5.41) is 4.22. The number of esters is 1. The second-order valence-electron chi connectivity index (χ2n) is 5.83. The number of nitrogens with zero attached hydrogens (tertiary/aromatic N) is 2. The second kappa shape index (κ2) is 9.43. The van der Waals surface area contributed by atoms with Crippen LogP contribution in [0, 0.1) is 0 Å². The molecule has 2 aromatic carbocycles. The van der Waals surface area contributed by atoms with Crippen LogP contribution in [0.3, 0.4) is 0 Å². The van der Waals surface area contributed by atoms with E-state index in [1.54, 1.807) is 30.5 Å². The summed E-state index contributed by atoms with van der Waals surface area (Å²) >= 11 is 7.56. The highest BCUT2D eigenvalue weighted by molar-refractivity contribution is 7.99. The third-order valence-electron chi connectivity index (χ3n) is 3.90. The number of hydrogen-bond donors (Lipinski definition) is 1. The van der Waals surface area contributed by atoms with E-state index in [4.69, 9.17) is 11.6 Å². The van der Waals surface area contributed by atoms with Crippen molar-refractivity contribution in [3.05, 3.63) is 77.1 Å². The van der Waals surface area contributed by atoms with Crippen molar-refractivity contribution in [1.29, 1.82) is 0 Å². The third kappa shape index (κ3) is 5.15. The van der Waals surface area contributed by atoms with Crippen molar-refractivity contribution in [2.45, 2.75) is 11.7 Å². The highest BCUT2D eigenvalue weighted by Gasteiger charge is 2.10. The van der Waals surface area contributed by atoms with Gasteiger partial charge in [-0.25, -0.2) is 9.78 Å². The first-order valence-corrected chi connectivity index (χ1v) is 9.78. The molecule has 28 heavy (non-hydrogen) atoms. The normalized spacial score (nSPS) is 10.5. The highest BCUT2D eigenvalue weighted by Crippen LogP contribution is 2.21. The Morgan fingerprint density at radius 2 is 1.93 bits per heavy atom. The Morgan fingerprint density at radius 3 is 2.64 bits per heavy atom. The van der Waals surface area contributed by atoms with E-state index in [-0.39, 0.29) is 11.7 Å². The second-order valence-corrected chi connectivity index (χ2v) is 7.18. The minimum atomic E-state index is -0.418. The number of rotatable bonds is 7. The van der Waals surface area contributed by atoms with Crippen molar-refractivity contribution in [2.75, 3.05) is 18.2 Å². The number of carbonyl (C=O) groups is 2. The van der Waals surface area contributed by atoms with E-state index >= 15 is 0 Å². The van der Waals surface area contributed by atoms with E-state index in [0.717, 1.165) is 10.7 Å². The predicted molar refractivity (Wildman–Crippen MR) is 110 cm³/mol. The van der Waals surface area contributed by atoms with E-state index in [0.29, 0.717) is 22.8 Å². The van der Waals surface area contributed by atoms with Gasteiger partial charge in [0.2, 0.25) is 5.91 Å². The molecule has 6 nitrogen and oxygen atoms in total. The lowest BCUT2D eigenvalue weighted by Crippen LogP contribution is -2.15. The average molecular weight is 416 g/mol. The summed E-state index contributed by atoms with van der Waals surface area (Å²) in [6, 6.07) is 14.2. The molecule has 0 unspecified atom stereocenters. The first-order valence-electron chi connectivity index (χ1n) is 8.42. The largest absolute Gasteiger partial charge is 0.465 e. The zero-order chi connectivity index (χ0) is 19.9. The SMILES string of the molecule is COC(=O)c1ccc(NC(=O)CSc2nccn2Cc2ccccc2Cl)cc1. The third-order valence-corrected chi connectivity index (χ3v) is 5.27. The average Bonchev–Trinajstić information content (AvgIpc) is 3.15. The van der Waals surface area contributed by atoms with Gasteiger partial charge in [-0.05, 0) is 35.9 Å². The molecular weight excluding hydrogens is 398 g/mol. The lowest BCUT2D eigenvalue weighted by molar-refractivity contribution is -0.113. The van der Waals surface area contributed by atoms with Gasteiger partial charge in [0, 0.05) is 23.1 Å². The van der Waals surface area contributed by atoms with E-state index in [2.05, 4.69) is 15.0 Å². The maximum Gasteiger partial charge on any atom is 0.337 e. The number of imidazole rings is 1. The summed E-state index contributed by atoms with van der Waals surface area (Å²) in [6.45, 7) is 0.582. The zero-order valence-electron chi connectivity index (χ0n) is 15.1. The fourth-order valence-electron chi connectivity index (χ4n) is 2.50. The number of benzene rings is 2. The number of methoxy groups -OCH3 is 1. The van der Waals surface area contributed by atoms with E-state index < -0.39 is 5.97 Å². The minimum absolute atomic E-state index is 0.164. The van der Waals surface area contributed by atoms with Crippen molar-refractivity contribution < 1.29 is 14.3 Å². The van der Waals surface area contributed by atoms with Crippen LogP contribution in [0.15, 0.2) is 66.1 Å². The molecule has 0 spiro atoms. The van der Waals surface area contributed by atoms with Gasteiger partial charge in [-0.3, -0.25) is 4.79 Å². The molecule has 0 aliphatic heterocycles. The summed E-state index contributed by atoms with van der Waals surface area (Å²) in [5.74, 6) is -0.375. The highest BCUT2D eigenvalue weighted by atomic mass is 35.5. The smallest absolute Gasteiger partial charge is 0.337 e. The molecule has 0 aliphatic rings. The van der Waals surface area contributed by atoms with Crippen LogP contribution < -0.4 is 5.32 Å². The fourth-order valence-corrected chi connectivity index (χ4v) is 3.46. The van der Waals surface area contributed by atoms with Gasteiger partial charge >= 0.3 is 5.97 Å². The van der Waals surface area contributed by atoms with Gasteiger partial charge in [0.15, 0.2) is 5.16 Å². The molecule has 0 saturated carbocycles. The Kier molecular flexibility index (Phi) is 6.73. The Hall–Kier alpha value is -2.77. The maximum atomic E-state index is 12.2. The number of aromatic nitrogens is 2.